The molecule has 0 spiro atoms. The first-order valence-electron chi connectivity index (χ1n) is 9.78. The maximum absolute atomic E-state index is 12.4. The molecular formula is C22H27N3O4. The van der Waals surface area contributed by atoms with E-state index in [1.54, 1.807) is 17.0 Å². The Labute approximate surface area is 171 Å². The van der Waals surface area contributed by atoms with E-state index in [9.17, 15) is 9.59 Å². The van der Waals surface area contributed by atoms with Gasteiger partial charge in [-0.2, -0.15) is 0 Å². The molecule has 7 nitrogen and oxygen atoms in total. The highest BCUT2D eigenvalue weighted by molar-refractivity contribution is 5.78. The number of nitrogens with two attached hydrogens (primary N) is 1. The third kappa shape index (κ3) is 6.80. The zero-order valence-electron chi connectivity index (χ0n) is 16.5. The number of ether oxygens (including phenoxy) is 2. The minimum Gasteiger partial charge on any atom is -0.489 e. The van der Waals surface area contributed by atoms with Crippen molar-refractivity contribution in [3.05, 3.63) is 60.2 Å². The Bertz CT molecular complexity index is 795. The van der Waals surface area contributed by atoms with Crippen LogP contribution in [-0.2, 0) is 16.2 Å². The second-order valence-electron chi connectivity index (χ2n) is 7.01. The summed E-state index contributed by atoms with van der Waals surface area (Å²) in [5.41, 5.74) is 6.35. The highest BCUT2D eigenvalue weighted by Gasteiger charge is 2.20. The Balaban J connectivity index is 1.42. The van der Waals surface area contributed by atoms with Crippen molar-refractivity contribution in [2.24, 2.45) is 5.73 Å². The highest BCUT2D eigenvalue weighted by Crippen LogP contribution is 2.19. The van der Waals surface area contributed by atoms with Gasteiger partial charge in [0.25, 0.3) is 5.91 Å². The van der Waals surface area contributed by atoms with Crippen LogP contribution in [0, 0.1) is 0 Å². The minimum absolute atomic E-state index is 0.0139. The van der Waals surface area contributed by atoms with E-state index in [1.165, 1.54) is 0 Å². The van der Waals surface area contributed by atoms with Gasteiger partial charge in [-0.3, -0.25) is 14.5 Å². The molecule has 0 aliphatic carbocycles. The van der Waals surface area contributed by atoms with Gasteiger partial charge in [0.15, 0.2) is 6.61 Å². The van der Waals surface area contributed by atoms with Gasteiger partial charge >= 0.3 is 0 Å². The summed E-state index contributed by atoms with van der Waals surface area (Å²) in [6.45, 7) is 3.35. The van der Waals surface area contributed by atoms with Gasteiger partial charge in [0.05, 0.1) is 6.54 Å². The normalized spacial score (nSPS) is 14.8. The van der Waals surface area contributed by atoms with E-state index < -0.39 is 0 Å². The number of nitrogens with zero attached hydrogens (tertiary/aromatic N) is 2. The molecule has 29 heavy (non-hydrogen) atoms. The topological polar surface area (TPSA) is 85.1 Å². The molecule has 2 amide bonds. The van der Waals surface area contributed by atoms with Crippen molar-refractivity contribution >= 4 is 11.8 Å². The highest BCUT2D eigenvalue weighted by atomic mass is 16.5. The Morgan fingerprint density at radius 2 is 1.55 bits per heavy atom. The molecule has 3 rings (SSSR count). The van der Waals surface area contributed by atoms with Crippen molar-refractivity contribution in [3.8, 4) is 11.5 Å². The molecule has 0 unspecified atom stereocenters. The monoisotopic (exact) mass is 397 g/mol. The number of hydrogen-bond donors (Lipinski definition) is 1. The van der Waals surface area contributed by atoms with E-state index in [-0.39, 0.29) is 25.0 Å². The standard InChI is InChI=1S/C22H27N3O4/c23-21(26)15-24-11-4-12-25(14-13-24)22(27)17-29-20-9-7-19(8-10-20)28-16-18-5-2-1-3-6-18/h1-3,5-10H,4,11-17H2,(H2,23,26). The van der Waals surface area contributed by atoms with Crippen LogP contribution in [-0.4, -0.2) is 60.9 Å². The van der Waals surface area contributed by atoms with Gasteiger partial charge in [-0.25, -0.2) is 0 Å². The fourth-order valence-electron chi connectivity index (χ4n) is 3.21. The molecule has 0 aromatic heterocycles. The first-order valence-corrected chi connectivity index (χ1v) is 9.78. The summed E-state index contributed by atoms with van der Waals surface area (Å²) in [7, 11) is 0. The summed E-state index contributed by atoms with van der Waals surface area (Å²) < 4.78 is 11.4. The lowest BCUT2D eigenvalue weighted by atomic mass is 10.2. The number of hydrogen-bond acceptors (Lipinski definition) is 5. The van der Waals surface area contributed by atoms with Gasteiger partial charge in [-0.15, -0.1) is 0 Å². The maximum Gasteiger partial charge on any atom is 0.260 e. The molecule has 1 heterocycles. The number of rotatable bonds is 8. The molecule has 0 atom stereocenters. The van der Waals surface area contributed by atoms with Crippen LogP contribution in [0.3, 0.4) is 0 Å². The number of carbonyl (C=O) groups is 2. The molecule has 2 aromatic rings. The molecule has 2 aromatic carbocycles. The van der Waals surface area contributed by atoms with E-state index >= 15 is 0 Å². The van der Waals surface area contributed by atoms with E-state index in [2.05, 4.69) is 0 Å². The molecule has 0 saturated carbocycles. The Hall–Kier alpha value is -3.06. The van der Waals surface area contributed by atoms with Gasteiger partial charge in [0.2, 0.25) is 5.91 Å². The van der Waals surface area contributed by atoms with Crippen molar-refractivity contribution in [2.45, 2.75) is 13.0 Å². The fourth-order valence-corrected chi connectivity index (χ4v) is 3.21. The Morgan fingerprint density at radius 3 is 2.24 bits per heavy atom. The number of carbonyl (C=O) groups excluding carboxylic acids is 2. The minimum atomic E-state index is -0.343. The Morgan fingerprint density at radius 1 is 0.862 bits per heavy atom. The number of primary amides is 1. The lowest BCUT2D eigenvalue weighted by molar-refractivity contribution is -0.133. The van der Waals surface area contributed by atoms with Gasteiger partial charge in [0.1, 0.15) is 18.1 Å². The van der Waals surface area contributed by atoms with Crippen molar-refractivity contribution < 1.29 is 19.1 Å². The lowest BCUT2D eigenvalue weighted by Crippen LogP contribution is -2.39. The SMILES string of the molecule is NC(=O)CN1CCCN(C(=O)COc2ccc(OCc3ccccc3)cc2)CC1. The molecule has 1 aliphatic rings. The Kier molecular flexibility index (Phi) is 7.47. The molecule has 1 aliphatic heterocycles. The van der Waals surface area contributed by atoms with Crippen molar-refractivity contribution in [2.75, 3.05) is 39.3 Å². The van der Waals surface area contributed by atoms with Gasteiger partial charge in [-0.1, -0.05) is 30.3 Å². The predicted molar refractivity (Wildman–Crippen MR) is 110 cm³/mol. The molecule has 2 N–H and O–H groups in total. The number of benzene rings is 2. The van der Waals surface area contributed by atoms with Crippen LogP contribution in [0.1, 0.15) is 12.0 Å². The first-order chi connectivity index (χ1) is 14.1. The molecule has 1 fully saturated rings. The number of amides is 2. The van der Waals surface area contributed by atoms with Crippen LogP contribution in [0.2, 0.25) is 0 Å². The third-order valence-corrected chi connectivity index (χ3v) is 4.76. The summed E-state index contributed by atoms with van der Waals surface area (Å²) in [6.07, 6.45) is 0.812. The molecular weight excluding hydrogens is 370 g/mol. The molecule has 0 radical (unpaired) electrons. The molecule has 7 heteroatoms. The molecule has 0 bridgehead atoms. The third-order valence-electron chi connectivity index (χ3n) is 4.76. The largest absolute Gasteiger partial charge is 0.489 e. The van der Waals surface area contributed by atoms with Gasteiger partial charge < -0.3 is 20.1 Å². The average molecular weight is 397 g/mol. The second kappa shape index (κ2) is 10.5. The predicted octanol–water partition coefficient (Wildman–Crippen LogP) is 1.66. The van der Waals surface area contributed by atoms with E-state index in [1.807, 2.05) is 47.4 Å². The van der Waals surface area contributed by atoms with Crippen molar-refractivity contribution in [3.63, 3.8) is 0 Å². The lowest BCUT2D eigenvalue weighted by Gasteiger charge is -2.21. The van der Waals surface area contributed by atoms with Crippen LogP contribution >= 0.6 is 0 Å². The fraction of sp³-hybridized carbons (Fsp3) is 0.364. The summed E-state index contributed by atoms with van der Waals surface area (Å²) in [4.78, 5) is 27.3. The molecule has 1 saturated heterocycles. The van der Waals surface area contributed by atoms with E-state index in [0.29, 0.717) is 32.0 Å². The van der Waals surface area contributed by atoms with Gasteiger partial charge in [-0.05, 0) is 36.2 Å². The summed E-state index contributed by atoms with van der Waals surface area (Å²) in [5, 5.41) is 0. The maximum atomic E-state index is 12.4. The zero-order valence-corrected chi connectivity index (χ0v) is 16.5. The van der Waals surface area contributed by atoms with Crippen LogP contribution in [0.25, 0.3) is 0 Å². The summed E-state index contributed by atoms with van der Waals surface area (Å²) >= 11 is 0. The zero-order chi connectivity index (χ0) is 20.5. The van der Waals surface area contributed by atoms with Crippen LogP contribution in [0.4, 0.5) is 0 Å². The average Bonchev–Trinajstić information content (AvgIpc) is 2.97. The van der Waals surface area contributed by atoms with E-state index in [4.69, 9.17) is 15.2 Å². The first kappa shape index (κ1) is 20.7. The van der Waals surface area contributed by atoms with Crippen LogP contribution in [0.5, 0.6) is 11.5 Å². The summed E-state index contributed by atoms with van der Waals surface area (Å²) in [6, 6.07) is 17.2. The summed E-state index contributed by atoms with van der Waals surface area (Å²) in [5.74, 6) is 0.963. The van der Waals surface area contributed by atoms with Gasteiger partial charge in [0, 0.05) is 26.2 Å². The van der Waals surface area contributed by atoms with Crippen LogP contribution < -0.4 is 15.2 Å². The van der Waals surface area contributed by atoms with Crippen molar-refractivity contribution in [1.29, 1.82) is 0 Å². The second-order valence-corrected chi connectivity index (χ2v) is 7.01. The van der Waals surface area contributed by atoms with E-state index in [0.717, 1.165) is 24.3 Å². The quantitative estimate of drug-likeness (QED) is 0.732. The molecule has 154 valence electrons. The van der Waals surface area contributed by atoms with Crippen LogP contribution in [0.15, 0.2) is 54.6 Å². The van der Waals surface area contributed by atoms with Crippen molar-refractivity contribution in [1.82, 2.24) is 9.80 Å². The smallest absolute Gasteiger partial charge is 0.260 e.